The van der Waals surface area contributed by atoms with E-state index in [0.717, 1.165) is 42.5 Å². The van der Waals surface area contributed by atoms with Crippen LogP contribution >= 0.6 is 0 Å². The van der Waals surface area contributed by atoms with Gasteiger partial charge in [-0.15, -0.1) is 0 Å². The summed E-state index contributed by atoms with van der Waals surface area (Å²) in [4.78, 5) is 11.7. The fourth-order valence-corrected chi connectivity index (χ4v) is 2.14. The van der Waals surface area contributed by atoms with Crippen molar-refractivity contribution < 1.29 is 4.79 Å². The van der Waals surface area contributed by atoms with Crippen molar-refractivity contribution in [1.29, 1.82) is 0 Å². The van der Waals surface area contributed by atoms with Gasteiger partial charge in [0.1, 0.15) is 0 Å². The summed E-state index contributed by atoms with van der Waals surface area (Å²) in [5, 5.41) is 2.86. The molecular formula is C13H18N2O. The maximum absolute atomic E-state index is 11.7. The number of hydrogen-bond donors (Lipinski definition) is 2. The first kappa shape index (κ1) is 11.1. The van der Waals surface area contributed by atoms with Crippen molar-refractivity contribution in [3.63, 3.8) is 0 Å². The minimum atomic E-state index is 0.0341. The van der Waals surface area contributed by atoms with Gasteiger partial charge >= 0.3 is 0 Å². The Morgan fingerprint density at radius 3 is 3.06 bits per heavy atom. The normalized spacial score (nSPS) is 16.5. The lowest BCUT2D eigenvalue weighted by Crippen LogP contribution is -2.32. The Labute approximate surface area is 96.0 Å². The average molecular weight is 218 g/mol. The summed E-state index contributed by atoms with van der Waals surface area (Å²) in [6.07, 6.45) is 2.94. The second kappa shape index (κ2) is 4.66. The van der Waals surface area contributed by atoms with Gasteiger partial charge in [-0.05, 0) is 30.0 Å². The second-order valence-electron chi connectivity index (χ2n) is 4.32. The molecule has 1 aliphatic rings. The van der Waals surface area contributed by atoms with Gasteiger partial charge in [0.2, 0.25) is 0 Å². The molecule has 0 fully saturated rings. The number of benzene rings is 1. The number of nitrogens with two attached hydrogens (primary N) is 1. The van der Waals surface area contributed by atoms with Crippen LogP contribution in [-0.4, -0.2) is 12.5 Å². The van der Waals surface area contributed by atoms with Crippen molar-refractivity contribution in [3.8, 4) is 0 Å². The van der Waals surface area contributed by atoms with Gasteiger partial charge in [0.05, 0.1) is 0 Å². The smallest absolute Gasteiger partial charge is 0.251 e. The molecule has 0 aromatic heterocycles. The first-order chi connectivity index (χ1) is 7.72. The zero-order valence-electron chi connectivity index (χ0n) is 9.62. The van der Waals surface area contributed by atoms with Crippen LogP contribution in [0.1, 0.15) is 47.3 Å². The van der Waals surface area contributed by atoms with E-state index in [1.807, 2.05) is 12.1 Å². The number of rotatable bonds is 3. The number of amides is 1. The van der Waals surface area contributed by atoms with Gasteiger partial charge in [-0.2, -0.15) is 0 Å². The fourth-order valence-electron chi connectivity index (χ4n) is 2.14. The highest BCUT2D eigenvalue weighted by Gasteiger charge is 2.17. The van der Waals surface area contributed by atoms with E-state index in [-0.39, 0.29) is 11.9 Å². The van der Waals surface area contributed by atoms with Crippen LogP contribution in [0.3, 0.4) is 0 Å². The molecule has 2 rings (SSSR count). The van der Waals surface area contributed by atoms with Crippen LogP contribution in [0, 0.1) is 0 Å². The summed E-state index contributed by atoms with van der Waals surface area (Å²) in [5.74, 6) is 0.0341. The highest BCUT2D eigenvalue weighted by Crippen LogP contribution is 2.21. The minimum absolute atomic E-state index is 0.0341. The van der Waals surface area contributed by atoms with Gasteiger partial charge in [0.25, 0.3) is 5.91 Å². The van der Waals surface area contributed by atoms with Crippen LogP contribution in [0.15, 0.2) is 18.2 Å². The van der Waals surface area contributed by atoms with E-state index in [0.29, 0.717) is 0 Å². The van der Waals surface area contributed by atoms with E-state index < -0.39 is 0 Å². The summed E-state index contributed by atoms with van der Waals surface area (Å²) in [5.41, 5.74) is 9.06. The van der Waals surface area contributed by atoms with E-state index >= 15 is 0 Å². The molecule has 3 N–H and O–H groups in total. The summed E-state index contributed by atoms with van der Waals surface area (Å²) in [7, 11) is 0. The molecule has 1 unspecified atom stereocenters. The molecule has 3 nitrogen and oxygen atoms in total. The third-order valence-corrected chi connectivity index (χ3v) is 3.09. The Bertz CT molecular complexity index is 401. The highest BCUT2D eigenvalue weighted by molar-refractivity contribution is 5.96. The first-order valence-corrected chi connectivity index (χ1v) is 5.89. The molecule has 1 heterocycles. The highest BCUT2D eigenvalue weighted by atomic mass is 16.1. The maximum Gasteiger partial charge on any atom is 0.251 e. The molecule has 3 heteroatoms. The molecule has 0 radical (unpaired) electrons. The van der Waals surface area contributed by atoms with Crippen LogP contribution in [0.25, 0.3) is 0 Å². The topological polar surface area (TPSA) is 55.1 Å². The minimum Gasteiger partial charge on any atom is -0.352 e. The van der Waals surface area contributed by atoms with Crippen LogP contribution in [0.2, 0.25) is 0 Å². The van der Waals surface area contributed by atoms with Crippen molar-refractivity contribution in [1.82, 2.24) is 5.32 Å². The molecule has 1 aromatic rings. The third-order valence-electron chi connectivity index (χ3n) is 3.09. The summed E-state index contributed by atoms with van der Waals surface area (Å²) >= 11 is 0. The van der Waals surface area contributed by atoms with E-state index in [4.69, 9.17) is 5.73 Å². The molecule has 0 bridgehead atoms. The molecule has 16 heavy (non-hydrogen) atoms. The molecule has 1 atom stereocenters. The largest absolute Gasteiger partial charge is 0.352 e. The third kappa shape index (κ3) is 2.09. The molecule has 1 amide bonds. The molecule has 0 saturated heterocycles. The van der Waals surface area contributed by atoms with Crippen LogP contribution in [-0.2, 0) is 6.42 Å². The predicted molar refractivity (Wildman–Crippen MR) is 64.3 cm³/mol. The average Bonchev–Trinajstić information content (AvgIpc) is 2.29. The molecule has 0 saturated carbocycles. The van der Waals surface area contributed by atoms with Crippen molar-refractivity contribution in [2.45, 2.75) is 32.2 Å². The van der Waals surface area contributed by atoms with Crippen LogP contribution < -0.4 is 11.1 Å². The number of carbonyl (C=O) groups is 1. The van der Waals surface area contributed by atoms with E-state index in [1.54, 1.807) is 0 Å². The van der Waals surface area contributed by atoms with Gasteiger partial charge in [0, 0.05) is 18.2 Å². The standard InChI is InChI=1S/C13H18N2O/c1-2-3-12(14)10-5-4-9-6-7-15-13(16)11(9)8-10/h4-5,8,12H,2-3,6-7,14H2,1H3,(H,15,16). The lowest BCUT2D eigenvalue weighted by molar-refractivity contribution is 0.0946. The lowest BCUT2D eigenvalue weighted by Gasteiger charge is -2.19. The summed E-state index contributed by atoms with van der Waals surface area (Å²) < 4.78 is 0. The Balaban J connectivity index is 2.30. The quantitative estimate of drug-likeness (QED) is 0.812. The molecule has 0 aliphatic carbocycles. The SMILES string of the molecule is CCCC(N)c1ccc2c(c1)C(=O)NCC2. The van der Waals surface area contributed by atoms with Crippen LogP contribution in [0.5, 0.6) is 0 Å². The maximum atomic E-state index is 11.7. The zero-order valence-corrected chi connectivity index (χ0v) is 9.62. The van der Waals surface area contributed by atoms with Gasteiger partial charge in [-0.3, -0.25) is 4.79 Å². The van der Waals surface area contributed by atoms with Crippen molar-refractivity contribution >= 4 is 5.91 Å². The van der Waals surface area contributed by atoms with Gasteiger partial charge in [-0.25, -0.2) is 0 Å². The fraction of sp³-hybridized carbons (Fsp3) is 0.462. The Kier molecular flexibility index (Phi) is 3.25. The van der Waals surface area contributed by atoms with Gasteiger partial charge in [-0.1, -0.05) is 25.5 Å². The molecule has 0 spiro atoms. The number of nitrogens with one attached hydrogen (secondary N) is 1. The predicted octanol–water partition coefficient (Wildman–Crippen LogP) is 1.77. The number of carbonyl (C=O) groups excluding carboxylic acids is 1. The van der Waals surface area contributed by atoms with E-state index in [9.17, 15) is 4.79 Å². The zero-order chi connectivity index (χ0) is 11.5. The second-order valence-corrected chi connectivity index (χ2v) is 4.32. The van der Waals surface area contributed by atoms with Crippen LogP contribution in [0.4, 0.5) is 0 Å². The number of hydrogen-bond acceptors (Lipinski definition) is 2. The number of fused-ring (bicyclic) bond motifs is 1. The Morgan fingerprint density at radius 2 is 2.31 bits per heavy atom. The van der Waals surface area contributed by atoms with E-state index in [2.05, 4.69) is 18.3 Å². The molecule has 1 aromatic carbocycles. The van der Waals surface area contributed by atoms with Crippen molar-refractivity contribution in [2.75, 3.05) is 6.54 Å². The van der Waals surface area contributed by atoms with Gasteiger partial charge in [0.15, 0.2) is 0 Å². The van der Waals surface area contributed by atoms with Crippen molar-refractivity contribution in [3.05, 3.63) is 34.9 Å². The lowest BCUT2D eigenvalue weighted by atomic mass is 9.94. The molecule has 1 aliphatic heterocycles. The first-order valence-electron chi connectivity index (χ1n) is 5.89. The Hall–Kier alpha value is -1.35. The Morgan fingerprint density at radius 1 is 1.50 bits per heavy atom. The van der Waals surface area contributed by atoms with Crippen molar-refractivity contribution in [2.24, 2.45) is 5.73 Å². The summed E-state index contributed by atoms with van der Waals surface area (Å²) in [6, 6.07) is 6.09. The molecular weight excluding hydrogens is 200 g/mol. The monoisotopic (exact) mass is 218 g/mol. The molecule has 86 valence electrons. The summed E-state index contributed by atoms with van der Waals surface area (Å²) in [6.45, 7) is 2.86. The van der Waals surface area contributed by atoms with Gasteiger partial charge < -0.3 is 11.1 Å². The van der Waals surface area contributed by atoms with E-state index in [1.165, 1.54) is 0 Å².